The lowest BCUT2D eigenvalue weighted by molar-refractivity contribution is 0.0916. The molecule has 0 bridgehead atoms. The Morgan fingerprint density at radius 2 is 1.95 bits per heavy atom. The van der Waals surface area contributed by atoms with E-state index in [-0.39, 0.29) is 17.9 Å². The lowest BCUT2D eigenvalue weighted by Crippen LogP contribution is -2.43. The highest BCUT2D eigenvalue weighted by Gasteiger charge is 2.23. The average Bonchev–Trinajstić information content (AvgIpc) is 3.38. The number of pyridine rings is 3. The van der Waals surface area contributed by atoms with Gasteiger partial charge in [-0.25, -0.2) is 9.50 Å². The molecule has 0 unspecified atom stereocenters. The predicted molar refractivity (Wildman–Crippen MR) is 145 cm³/mol. The molecule has 0 atom stereocenters. The van der Waals surface area contributed by atoms with Crippen LogP contribution in [0.1, 0.15) is 44.7 Å². The number of piperidine rings is 1. The molecule has 2 aliphatic rings. The quantitative estimate of drug-likeness (QED) is 0.379. The molecule has 0 spiro atoms. The molecule has 1 fully saturated rings. The van der Waals surface area contributed by atoms with Crippen LogP contribution in [0.25, 0.3) is 11.1 Å². The van der Waals surface area contributed by atoms with E-state index in [2.05, 4.69) is 49.0 Å². The molecule has 38 heavy (non-hydrogen) atoms. The molecule has 4 aromatic rings. The van der Waals surface area contributed by atoms with E-state index in [1.807, 2.05) is 24.4 Å². The van der Waals surface area contributed by atoms with Crippen molar-refractivity contribution in [3.05, 3.63) is 89.6 Å². The van der Waals surface area contributed by atoms with Gasteiger partial charge in [-0.05, 0) is 74.4 Å². The molecule has 6 rings (SSSR count). The molecule has 0 saturated carbocycles. The zero-order chi connectivity index (χ0) is 26.1. The molecule has 2 aliphatic heterocycles. The number of carbonyl (C=O) groups excluding carboxylic acids is 2. The molecular formula is C28H28N8O2. The largest absolute Gasteiger partial charge is 0.366 e. The Kier molecular flexibility index (Phi) is 6.30. The van der Waals surface area contributed by atoms with E-state index in [1.165, 1.54) is 0 Å². The molecule has 10 nitrogen and oxygen atoms in total. The lowest BCUT2D eigenvalue weighted by atomic mass is 9.94. The first-order chi connectivity index (χ1) is 18.5. The number of hydrogen-bond donors (Lipinski definition) is 3. The number of likely N-dealkylation sites (tertiary alicyclic amines) is 1. The highest BCUT2D eigenvalue weighted by Crippen LogP contribution is 2.33. The highest BCUT2D eigenvalue weighted by atomic mass is 16.2. The van der Waals surface area contributed by atoms with Crippen molar-refractivity contribution in [3.63, 3.8) is 0 Å². The standard InChI is InChI=1S/C28H28N8O2/c1-35-10-6-20(7-11-35)33-27(37)19-13-23-22(4-9-30-26(23)31-15-19)18-5-12-36-25(14-18)24(17-32-36)28(38)34-21-3-2-8-29-16-21/h2-5,8,12-17,20H,6-7,9-11H2,1H3,(H,30,31)(H,33,37)(H,34,38). The SMILES string of the molecule is CN1CCC(NC(=O)c2cnc3c(c2)C(c2ccn4ncc(C(=O)Nc5cccnc5)c4c2)=CCN3)CC1. The molecule has 10 heteroatoms. The summed E-state index contributed by atoms with van der Waals surface area (Å²) in [5.41, 5.74) is 4.97. The van der Waals surface area contributed by atoms with E-state index < -0.39 is 0 Å². The van der Waals surface area contributed by atoms with Crippen LogP contribution in [0.2, 0.25) is 0 Å². The van der Waals surface area contributed by atoms with Crippen LogP contribution in [0, 0.1) is 0 Å². The van der Waals surface area contributed by atoms with Gasteiger partial charge >= 0.3 is 0 Å². The van der Waals surface area contributed by atoms with E-state index in [9.17, 15) is 9.59 Å². The second-order valence-corrected chi connectivity index (χ2v) is 9.67. The van der Waals surface area contributed by atoms with E-state index in [0.717, 1.165) is 48.4 Å². The second kappa shape index (κ2) is 10.1. The Bertz CT molecular complexity index is 1540. The van der Waals surface area contributed by atoms with Gasteiger partial charge in [-0.15, -0.1) is 0 Å². The highest BCUT2D eigenvalue weighted by molar-refractivity contribution is 6.09. The summed E-state index contributed by atoms with van der Waals surface area (Å²) in [4.78, 5) is 37.0. The van der Waals surface area contributed by atoms with Gasteiger partial charge in [0.15, 0.2) is 0 Å². The smallest absolute Gasteiger partial charge is 0.259 e. The summed E-state index contributed by atoms with van der Waals surface area (Å²) in [6.07, 6.45) is 12.2. The molecule has 0 aliphatic carbocycles. The van der Waals surface area contributed by atoms with Crippen molar-refractivity contribution >= 4 is 34.4 Å². The van der Waals surface area contributed by atoms with Crippen LogP contribution in [-0.2, 0) is 0 Å². The van der Waals surface area contributed by atoms with Gasteiger partial charge in [-0.3, -0.25) is 14.6 Å². The minimum absolute atomic E-state index is 0.111. The fourth-order valence-corrected chi connectivity index (χ4v) is 4.95. The monoisotopic (exact) mass is 508 g/mol. The van der Waals surface area contributed by atoms with Gasteiger partial charge < -0.3 is 20.9 Å². The summed E-state index contributed by atoms with van der Waals surface area (Å²) in [6.45, 7) is 2.56. The van der Waals surface area contributed by atoms with Crippen molar-refractivity contribution in [2.24, 2.45) is 0 Å². The number of nitrogens with zero attached hydrogens (tertiary/aromatic N) is 5. The van der Waals surface area contributed by atoms with Crippen LogP contribution < -0.4 is 16.0 Å². The van der Waals surface area contributed by atoms with E-state index in [4.69, 9.17) is 0 Å². The Balaban J connectivity index is 1.28. The van der Waals surface area contributed by atoms with Crippen LogP contribution >= 0.6 is 0 Å². The summed E-state index contributed by atoms with van der Waals surface area (Å²) in [7, 11) is 2.10. The maximum atomic E-state index is 13.1. The normalized spacial score (nSPS) is 15.9. The zero-order valence-electron chi connectivity index (χ0n) is 21.0. The van der Waals surface area contributed by atoms with Crippen molar-refractivity contribution in [2.45, 2.75) is 18.9 Å². The number of aromatic nitrogens is 4. The van der Waals surface area contributed by atoms with Crippen LogP contribution in [0.15, 0.2) is 67.4 Å². The lowest BCUT2D eigenvalue weighted by Gasteiger charge is -2.29. The van der Waals surface area contributed by atoms with Crippen molar-refractivity contribution in [3.8, 4) is 0 Å². The third kappa shape index (κ3) is 4.73. The predicted octanol–water partition coefficient (Wildman–Crippen LogP) is 3.06. The first-order valence-electron chi connectivity index (χ1n) is 12.7. The first-order valence-corrected chi connectivity index (χ1v) is 12.7. The topological polar surface area (TPSA) is 117 Å². The number of amides is 2. The van der Waals surface area contributed by atoms with Gasteiger partial charge in [0.1, 0.15) is 5.82 Å². The van der Waals surface area contributed by atoms with Gasteiger partial charge in [0, 0.05) is 36.7 Å². The van der Waals surface area contributed by atoms with Crippen LogP contribution in [0.3, 0.4) is 0 Å². The average molecular weight is 509 g/mol. The van der Waals surface area contributed by atoms with Crippen molar-refractivity contribution < 1.29 is 9.59 Å². The van der Waals surface area contributed by atoms with Crippen LogP contribution in [0.5, 0.6) is 0 Å². The summed E-state index contributed by atoms with van der Waals surface area (Å²) in [6, 6.07) is 9.50. The number of anilines is 2. The Labute approximate surface area is 219 Å². The van der Waals surface area contributed by atoms with Gasteiger partial charge in [-0.1, -0.05) is 6.08 Å². The van der Waals surface area contributed by atoms with Crippen LogP contribution in [-0.4, -0.2) is 69.0 Å². The molecule has 6 heterocycles. The fourth-order valence-electron chi connectivity index (χ4n) is 4.95. The maximum absolute atomic E-state index is 13.1. The first kappa shape index (κ1) is 23.8. The number of nitrogens with one attached hydrogen (secondary N) is 3. The second-order valence-electron chi connectivity index (χ2n) is 9.67. The number of carbonyl (C=O) groups is 2. The number of rotatable bonds is 5. The summed E-state index contributed by atoms with van der Waals surface area (Å²) in [5.74, 6) is 0.348. The van der Waals surface area contributed by atoms with Gasteiger partial charge in [0.25, 0.3) is 11.8 Å². The molecule has 1 saturated heterocycles. The molecular weight excluding hydrogens is 480 g/mol. The summed E-state index contributed by atoms with van der Waals surface area (Å²) >= 11 is 0. The molecule has 0 radical (unpaired) electrons. The minimum atomic E-state index is -0.264. The third-order valence-electron chi connectivity index (χ3n) is 7.07. The Morgan fingerprint density at radius 1 is 1.08 bits per heavy atom. The van der Waals surface area contributed by atoms with E-state index in [0.29, 0.717) is 28.9 Å². The number of hydrogen-bond acceptors (Lipinski definition) is 7. The summed E-state index contributed by atoms with van der Waals surface area (Å²) < 4.78 is 1.67. The summed E-state index contributed by atoms with van der Waals surface area (Å²) in [5, 5.41) is 13.7. The fraction of sp³-hybridized carbons (Fsp3) is 0.250. The zero-order valence-corrected chi connectivity index (χ0v) is 21.0. The van der Waals surface area contributed by atoms with Gasteiger partial charge in [0.05, 0.1) is 34.7 Å². The van der Waals surface area contributed by atoms with E-state index in [1.54, 1.807) is 41.4 Å². The third-order valence-corrected chi connectivity index (χ3v) is 7.07. The molecule has 2 amide bonds. The maximum Gasteiger partial charge on any atom is 0.259 e. The molecule has 192 valence electrons. The van der Waals surface area contributed by atoms with Crippen molar-refractivity contribution in [1.29, 1.82) is 0 Å². The molecule has 4 aromatic heterocycles. The number of fused-ring (bicyclic) bond motifs is 2. The van der Waals surface area contributed by atoms with Gasteiger partial charge in [0.2, 0.25) is 0 Å². The van der Waals surface area contributed by atoms with Gasteiger partial charge in [-0.2, -0.15) is 5.10 Å². The Morgan fingerprint density at radius 3 is 2.76 bits per heavy atom. The van der Waals surface area contributed by atoms with E-state index >= 15 is 0 Å². The molecule has 0 aromatic carbocycles. The van der Waals surface area contributed by atoms with Crippen LogP contribution in [0.4, 0.5) is 11.5 Å². The van der Waals surface area contributed by atoms with Crippen molar-refractivity contribution in [1.82, 2.24) is 29.8 Å². The van der Waals surface area contributed by atoms with Crippen molar-refractivity contribution in [2.75, 3.05) is 37.3 Å². The molecule has 3 N–H and O–H groups in total. The minimum Gasteiger partial charge on any atom is -0.366 e. The Hall–Kier alpha value is -4.57.